The Kier molecular flexibility index (Phi) is 4.60. The second-order valence-electron chi connectivity index (χ2n) is 5.50. The standard InChI is InChI=1S/C14H20N4O2S2/c1-2-9-22(19,20)18-6-3-11(4-7-18)17-13-12-5-8-21-14(12)16-10-15-13/h5,8,10-11H,2-4,6-7,9H2,1H3,(H,15,16,17). The maximum absolute atomic E-state index is 12.1. The summed E-state index contributed by atoms with van der Waals surface area (Å²) >= 11 is 1.59. The summed E-state index contributed by atoms with van der Waals surface area (Å²) in [5.41, 5.74) is 0. The van der Waals surface area contributed by atoms with Crippen molar-refractivity contribution in [1.82, 2.24) is 14.3 Å². The van der Waals surface area contributed by atoms with Gasteiger partial charge in [-0.05, 0) is 30.7 Å². The first-order chi connectivity index (χ1) is 10.6. The first kappa shape index (κ1) is 15.6. The third kappa shape index (κ3) is 3.23. The van der Waals surface area contributed by atoms with Gasteiger partial charge in [0.1, 0.15) is 17.0 Å². The minimum atomic E-state index is -3.07. The minimum absolute atomic E-state index is 0.243. The molecular formula is C14H20N4O2S2. The molecular weight excluding hydrogens is 320 g/mol. The molecule has 0 saturated carbocycles. The molecule has 0 aliphatic carbocycles. The van der Waals surface area contributed by atoms with Crippen LogP contribution in [0.25, 0.3) is 10.2 Å². The summed E-state index contributed by atoms with van der Waals surface area (Å²) in [5.74, 6) is 1.09. The molecule has 0 aromatic carbocycles. The molecule has 6 nitrogen and oxygen atoms in total. The molecule has 1 N–H and O–H groups in total. The zero-order chi connectivity index (χ0) is 15.6. The topological polar surface area (TPSA) is 75.2 Å². The number of sulfonamides is 1. The number of hydrogen-bond acceptors (Lipinski definition) is 6. The van der Waals surface area contributed by atoms with Crippen molar-refractivity contribution in [3.63, 3.8) is 0 Å². The van der Waals surface area contributed by atoms with Crippen LogP contribution < -0.4 is 5.32 Å². The van der Waals surface area contributed by atoms with E-state index >= 15 is 0 Å². The molecule has 0 spiro atoms. The molecule has 2 aromatic rings. The van der Waals surface area contributed by atoms with Crippen molar-refractivity contribution in [1.29, 1.82) is 0 Å². The number of anilines is 1. The van der Waals surface area contributed by atoms with Gasteiger partial charge in [0, 0.05) is 19.1 Å². The van der Waals surface area contributed by atoms with Gasteiger partial charge < -0.3 is 5.32 Å². The van der Waals surface area contributed by atoms with Crippen LogP contribution in [0.2, 0.25) is 0 Å². The van der Waals surface area contributed by atoms with Gasteiger partial charge in [0.2, 0.25) is 10.0 Å². The van der Waals surface area contributed by atoms with E-state index < -0.39 is 10.0 Å². The summed E-state index contributed by atoms with van der Waals surface area (Å²) < 4.78 is 25.8. The molecule has 0 unspecified atom stereocenters. The molecule has 22 heavy (non-hydrogen) atoms. The lowest BCUT2D eigenvalue weighted by Crippen LogP contribution is -2.43. The number of rotatable bonds is 5. The Hall–Kier alpha value is -1.25. The Morgan fingerprint density at radius 2 is 2.14 bits per heavy atom. The van der Waals surface area contributed by atoms with Gasteiger partial charge in [-0.3, -0.25) is 0 Å². The SMILES string of the molecule is CCCS(=O)(=O)N1CCC(Nc2ncnc3sccc23)CC1. The fraction of sp³-hybridized carbons (Fsp3) is 0.571. The summed E-state index contributed by atoms with van der Waals surface area (Å²) in [6.45, 7) is 3.06. The van der Waals surface area contributed by atoms with Crippen molar-refractivity contribution in [2.75, 3.05) is 24.2 Å². The molecule has 2 aromatic heterocycles. The quantitative estimate of drug-likeness (QED) is 0.904. The zero-order valence-corrected chi connectivity index (χ0v) is 14.2. The molecule has 3 heterocycles. The van der Waals surface area contributed by atoms with Crippen molar-refractivity contribution in [3.8, 4) is 0 Å². The second kappa shape index (κ2) is 6.47. The van der Waals surface area contributed by atoms with Crippen molar-refractivity contribution in [2.45, 2.75) is 32.2 Å². The number of nitrogens with zero attached hydrogens (tertiary/aromatic N) is 3. The van der Waals surface area contributed by atoms with Crippen LogP contribution in [0, 0.1) is 0 Å². The first-order valence-corrected chi connectivity index (χ1v) is 10.0. The molecule has 0 atom stereocenters. The predicted octanol–water partition coefficient (Wildman–Crippen LogP) is 2.31. The van der Waals surface area contributed by atoms with E-state index in [1.807, 2.05) is 18.4 Å². The van der Waals surface area contributed by atoms with E-state index in [2.05, 4.69) is 15.3 Å². The minimum Gasteiger partial charge on any atom is -0.367 e. The predicted molar refractivity (Wildman–Crippen MR) is 89.7 cm³/mol. The molecule has 1 aliphatic rings. The maximum atomic E-state index is 12.1. The highest BCUT2D eigenvalue weighted by Gasteiger charge is 2.27. The Bertz CT molecular complexity index is 736. The van der Waals surface area contributed by atoms with E-state index in [4.69, 9.17) is 0 Å². The monoisotopic (exact) mass is 340 g/mol. The van der Waals surface area contributed by atoms with Crippen molar-refractivity contribution < 1.29 is 8.42 Å². The number of thiophene rings is 1. The van der Waals surface area contributed by atoms with E-state index in [-0.39, 0.29) is 11.8 Å². The molecule has 120 valence electrons. The zero-order valence-electron chi connectivity index (χ0n) is 12.5. The van der Waals surface area contributed by atoms with Gasteiger partial charge in [0.25, 0.3) is 0 Å². The van der Waals surface area contributed by atoms with Crippen molar-refractivity contribution in [3.05, 3.63) is 17.8 Å². The van der Waals surface area contributed by atoms with Gasteiger partial charge in [-0.1, -0.05) is 6.92 Å². The van der Waals surface area contributed by atoms with Crippen LogP contribution in [0.15, 0.2) is 17.8 Å². The van der Waals surface area contributed by atoms with Crippen molar-refractivity contribution >= 4 is 37.4 Å². The van der Waals surface area contributed by atoms with Crippen LogP contribution in [0.4, 0.5) is 5.82 Å². The van der Waals surface area contributed by atoms with E-state index in [9.17, 15) is 8.42 Å². The largest absolute Gasteiger partial charge is 0.367 e. The van der Waals surface area contributed by atoms with E-state index in [0.717, 1.165) is 28.9 Å². The van der Waals surface area contributed by atoms with Gasteiger partial charge in [0.15, 0.2) is 0 Å². The Labute approximate surface area is 134 Å². The van der Waals surface area contributed by atoms with Crippen LogP contribution in [0.5, 0.6) is 0 Å². The highest BCUT2D eigenvalue weighted by Crippen LogP contribution is 2.26. The first-order valence-electron chi connectivity index (χ1n) is 7.52. The van der Waals surface area contributed by atoms with Gasteiger partial charge in [-0.2, -0.15) is 0 Å². The van der Waals surface area contributed by atoms with Crippen LogP contribution in [0.1, 0.15) is 26.2 Å². The Morgan fingerprint density at radius 3 is 2.86 bits per heavy atom. The van der Waals surface area contributed by atoms with Crippen LogP contribution in [0.3, 0.4) is 0 Å². The smallest absolute Gasteiger partial charge is 0.214 e. The Morgan fingerprint density at radius 1 is 1.36 bits per heavy atom. The van der Waals surface area contributed by atoms with Crippen LogP contribution >= 0.6 is 11.3 Å². The Balaban J connectivity index is 1.64. The van der Waals surface area contributed by atoms with Crippen LogP contribution in [-0.4, -0.2) is 47.6 Å². The third-order valence-corrected chi connectivity index (χ3v) is 6.81. The summed E-state index contributed by atoms with van der Waals surface area (Å²) in [4.78, 5) is 9.54. The second-order valence-corrected chi connectivity index (χ2v) is 8.48. The molecule has 0 amide bonds. The fourth-order valence-corrected chi connectivity index (χ4v) is 5.04. The van der Waals surface area contributed by atoms with Gasteiger partial charge in [0.05, 0.1) is 11.1 Å². The molecule has 8 heteroatoms. The lowest BCUT2D eigenvalue weighted by Gasteiger charge is -2.31. The average Bonchev–Trinajstić information content (AvgIpc) is 2.97. The van der Waals surface area contributed by atoms with E-state index in [1.54, 1.807) is 22.0 Å². The van der Waals surface area contributed by atoms with E-state index in [1.165, 1.54) is 0 Å². The van der Waals surface area contributed by atoms with Crippen molar-refractivity contribution in [2.24, 2.45) is 0 Å². The summed E-state index contributed by atoms with van der Waals surface area (Å²) in [6, 6.07) is 2.27. The lowest BCUT2D eigenvalue weighted by atomic mass is 10.1. The summed E-state index contributed by atoms with van der Waals surface area (Å²) in [6.07, 6.45) is 3.84. The number of piperidine rings is 1. The molecule has 1 aliphatic heterocycles. The number of hydrogen-bond donors (Lipinski definition) is 1. The molecule has 0 bridgehead atoms. The highest BCUT2D eigenvalue weighted by atomic mass is 32.2. The van der Waals surface area contributed by atoms with Gasteiger partial charge >= 0.3 is 0 Å². The van der Waals surface area contributed by atoms with Gasteiger partial charge in [-0.15, -0.1) is 11.3 Å². The normalized spacial score (nSPS) is 17.9. The summed E-state index contributed by atoms with van der Waals surface area (Å²) in [7, 11) is -3.07. The average molecular weight is 340 g/mol. The molecule has 3 rings (SSSR count). The molecule has 1 fully saturated rings. The summed E-state index contributed by atoms with van der Waals surface area (Å²) in [5, 5.41) is 6.49. The molecule has 0 radical (unpaired) electrons. The number of aromatic nitrogens is 2. The number of nitrogens with one attached hydrogen (secondary N) is 1. The van der Waals surface area contributed by atoms with Crippen LogP contribution in [-0.2, 0) is 10.0 Å². The third-order valence-electron chi connectivity index (χ3n) is 3.91. The molecule has 1 saturated heterocycles. The van der Waals surface area contributed by atoms with E-state index in [0.29, 0.717) is 19.5 Å². The number of fused-ring (bicyclic) bond motifs is 1. The highest BCUT2D eigenvalue weighted by molar-refractivity contribution is 7.89. The fourth-order valence-electron chi connectivity index (χ4n) is 2.76. The maximum Gasteiger partial charge on any atom is 0.214 e. The lowest BCUT2D eigenvalue weighted by molar-refractivity contribution is 0.329. The van der Waals surface area contributed by atoms with Gasteiger partial charge in [-0.25, -0.2) is 22.7 Å².